The molecule has 1 aliphatic heterocycles. The zero-order valence-corrected chi connectivity index (χ0v) is 13.5. The summed E-state index contributed by atoms with van der Waals surface area (Å²) in [6, 6.07) is 1.89. The molecule has 2 fully saturated rings. The van der Waals surface area contributed by atoms with Gasteiger partial charge in [-0.1, -0.05) is 6.92 Å². The fraction of sp³-hybridized carbons (Fsp3) is 0.750. The third-order valence-electron chi connectivity index (χ3n) is 5.01. The van der Waals surface area contributed by atoms with E-state index in [1.165, 1.54) is 12.8 Å². The molecule has 0 spiro atoms. The van der Waals surface area contributed by atoms with Crippen LogP contribution >= 0.6 is 0 Å². The van der Waals surface area contributed by atoms with Gasteiger partial charge in [-0.15, -0.1) is 0 Å². The molecule has 2 heterocycles. The van der Waals surface area contributed by atoms with Gasteiger partial charge in [-0.05, 0) is 32.3 Å². The molecule has 6 heteroatoms. The summed E-state index contributed by atoms with van der Waals surface area (Å²) in [7, 11) is 0. The molecule has 22 heavy (non-hydrogen) atoms. The predicted molar refractivity (Wildman–Crippen MR) is 84.0 cm³/mol. The third-order valence-corrected chi connectivity index (χ3v) is 5.01. The Morgan fingerprint density at radius 2 is 2.23 bits per heavy atom. The number of aromatic amines is 1. The lowest BCUT2D eigenvalue weighted by molar-refractivity contribution is -0.0169. The van der Waals surface area contributed by atoms with E-state index in [0.29, 0.717) is 18.2 Å². The molecule has 2 aliphatic rings. The molecule has 1 saturated heterocycles. The SMILES string of the molecule is CCC(C)(CNC(=O)c1cc(C2CC2)[nH]n1)N1CCOCC1. The first kappa shape index (κ1) is 15.5. The summed E-state index contributed by atoms with van der Waals surface area (Å²) in [5, 5.41) is 10.2. The molecular formula is C16H26N4O2. The van der Waals surface area contributed by atoms with Crippen molar-refractivity contribution >= 4 is 5.91 Å². The molecule has 1 aromatic heterocycles. The zero-order valence-electron chi connectivity index (χ0n) is 13.5. The molecule has 1 atom stereocenters. The summed E-state index contributed by atoms with van der Waals surface area (Å²) in [5.74, 6) is 0.499. The van der Waals surface area contributed by atoms with Gasteiger partial charge in [0.25, 0.3) is 5.91 Å². The van der Waals surface area contributed by atoms with Crippen molar-refractivity contribution < 1.29 is 9.53 Å². The van der Waals surface area contributed by atoms with Crippen molar-refractivity contribution in [2.45, 2.75) is 44.6 Å². The number of ether oxygens (including phenoxy) is 1. The number of hydrogen-bond acceptors (Lipinski definition) is 4. The number of nitrogens with zero attached hydrogens (tertiary/aromatic N) is 2. The van der Waals surface area contributed by atoms with Crippen molar-refractivity contribution in [2.75, 3.05) is 32.8 Å². The number of carbonyl (C=O) groups is 1. The molecule has 1 aromatic rings. The molecule has 3 rings (SSSR count). The van der Waals surface area contributed by atoms with E-state index in [1.807, 2.05) is 6.07 Å². The van der Waals surface area contributed by atoms with E-state index >= 15 is 0 Å². The molecule has 0 radical (unpaired) electrons. The number of aromatic nitrogens is 2. The summed E-state index contributed by atoms with van der Waals surface area (Å²) in [5.41, 5.74) is 1.56. The fourth-order valence-corrected chi connectivity index (χ4v) is 2.98. The van der Waals surface area contributed by atoms with Gasteiger partial charge in [0.1, 0.15) is 5.69 Å². The van der Waals surface area contributed by atoms with Crippen molar-refractivity contribution in [2.24, 2.45) is 0 Å². The maximum Gasteiger partial charge on any atom is 0.271 e. The smallest absolute Gasteiger partial charge is 0.271 e. The van der Waals surface area contributed by atoms with E-state index in [9.17, 15) is 4.79 Å². The molecule has 1 aliphatic carbocycles. The molecular weight excluding hydrogens is 280 g/mol. The summed E-state index contributed by atoms with van der Waals surface area (Å²) < 4.78 is 5.42. The Hall–Kier alpha value is -1.40. The Balaban J connectivity index is 1.57. The summed E-state index contributed by atoms with van der Waals surface area (Å²) >= 11 is 0. The minimum Gasteiger partial charge on any atom is -0.379 e. The van der Waals surface area contributed by atoms with E-state index in [1.54, 1.807) is 0 Å². The average molecular weight is 306 g/mol. The van der Waals surface area contributed by atoms with E-state index in [2.05, 4.69) is 34.3 Å². The van der Waals surface area contributed by atoms with Gasteiger partial charge in [0, 0.05) is 36.8 Å². The average Bonchev–Trinajstić information content (AvgIpc) is 3.30. The summed E-state index contributed by atoms with van der Waals surface area (Å²) in [6.45, 7) is 8.40. The maximum atomic E-state index is 12.3. The second-order valence-corrected chi connectivity index (χ2v) is 6.62. The molecule has 2 N–H and O–H groups in total. The monoisotopic (exact) mass is 306 g/mol. The van der Waals surface area contributed by atoms with Gasteiger partial charge in [-0.3, -0.25) is 14.8 Å². The number of nitrogens with one attached hydrogen (secondary N) is 2. The van der Waals surface area contributed by atoms with Crippen LogP contribution in [0.2, 0.25) is 0 Å². The number of morpholine rings is 1. The Bertz CT molecular complexity index is 520. The van der Waals surface area contributed by atoms with E-state index in [4.69, 9.17) is 4.74 Å². The second kappa shape index (κ2) is 6.38. The van der Waals surface area contributed by atoms with Crippen LogP contribution in [-0.2, 0) is 4.74 Å². The van der Waals surface area contributed by atoms with Crippen LogP contribution in [0.3, 0.4) is 0 Å². The van der Waals surface area contributed by atoms with Crippen molar-refractivity contribution in [3.05, 3.63) is 17.5 Å². The van der Waals surface area contributed by atoms with E-state index in [0.717, 1.165) is 38.4 Å². The minimum atomic E-state index is -0.0870. The molecule has 0 aromatic carbocycles. The standard InChI is InChI=1S/C16H26N4O2/c1-3-16(2,20-6-8-22-9-7-20)11-17-15(21)14-10-13(18-19-14)12-4-5-12/h10,12H,3-9,11H2,1-2H3,(H,17,21)(H,18,19). The molecule has 1 amide bonds. The Kier molecular flexibility index (Phi) is 4.49. The number of rotatable bonds is 6. The van der Waals surface area contributed by atoms with Gasteiger partial charge in [-0.2, -0.15) is 5.10 Å². The Morgan fingerprint density at radius 1 is 1.50 bits per heavy atom. The van der Waals surface area contributed by atoms with Crippen LogP contribution < -0.4 is 5.32 Å². The molecule has 122 valence electrons. The number of carbonyl (C=O) groups excluding carboxylic acids is 1. The van der Waals surface area contributed by atoms with Crippen LogP contribution in [0.25, 0.3) is 0 Å². The minimum absolute atomic E-state index is 0.0327. The lowest BCUT2D eigenvalue weighted by atomic mass is 9.95. The highest BCUT2D eigenvalue weighted by Gasteiger charge is 2.32. The van der Waals surface area contributed by atoms with Crippen molar-refractivity contribution in [1.82, 2.24) is 20.4 Å². The Labute approximate surface area is 131 Å². The number of hydrogen-bond donors (Lipinski definition) is 2. The molecule has 0 bridgehead atoms. The quantitative estimate of drug-likeness (QED) is 0.836. The normalized spacial score (nSPS) is 22.3. The van der Waals surface area contributed by atoms with Crippen molar-refractivity contribution in [3.8, 4) is 0 Å². The van der Waals surface area contributed by atoms with Crippen molar-refractivity contribution in [3.63, 3.8) is 0 Å². The highest BCUT2D eigenvalue weighted by atomic mass is 16.5. The molecule has 1 saturated carbocycles. The largest absolute Gasteiger partial charge is 0.379 e. The third kappa shape index (κ3) is 3.33. The van der Waals surface area contributed by atoms with Crippen LogP contribution in [0.15, 0.2) is 6.07 Å². The van der Waals surface area contributed by atoms with E-state index in [-0.39, 0.29) is 11.4 Å². The van der Waals surface area contributed by atoms with E-state index < -0.39 is 0 Å². The first-order valence-electron chi connectivity index (χ1n) is 8.29. The number of amides is 1. The first-order valence-corrected chi connectivity index (χ1v) is 8.29. The molecule has 1 unspecified atom stereocenters. The molecule has 6 nitrogen and oxygen atoms in total. The van der Waals surface area contributed by atoms with Crippen LogP contribution in [0, 0.1) is 0 Å². The summed E-state index contributed by atoms with van der Waals surface area (Å²) in [6.07, 6.45) is 3.39. The van der Waals surface area contributed by atoms with Crippen LogP contribution in [0.5, 0.6) is 0 Å². The second-order valence-electron chi connectivity index (χ2n) is 6.62. The van der Waals surface area contributed by atoms with Gasteiger partial charge < -0.3 is 10.1 Å². The topological polar surface area (TPSA) is 70.2 Å². The van der Waals surface area contributed by atoms with Crippen molar-refractivity contribution in [1.29, 1.82) is 0 Å². The van der Waals surface area contributed by atoms with Gasteiger partial charge >= 0.3 is 0 Å². The highest BCUT2D eigenvalue weighted by molar-refractivity contribution is 5.92. The lowest BCUT2D eigenvalue weighted by Crippen LogP contribution is -2.56. The maximum absolute atomic E-state index is 12.3. The summed E-state index contributed by atoms with van der Waals surface area (Å²) in [4.78, 5) is 14.7. The Morgan fingerprint density at radius 3 is 2.86 bits per heavy atom. The van der Waals surface area contributed by atoms with Gasteiger partial charge in [0.2, 0.25) is 0 Å². The van der Waals surface area contributed by atoms with Crippen LogP contribution in [-0.4, -0.2) is 59.4 Å². The zero-order chi connectivity index (χ0) is 15.6. The first-order chi connectivity index (χ1) is 10.6. The van der Waals surface area contributed by atoms with Gasteiger partial charge in [-0.25, -0.2) is 0 Å². The predicted octanol–water partition coefficient (Wildman–Crippen LogP) is 1.52. The number of H-pyrrole nitrogens is 1. The fourth-order valence-electron chi connectivity index (χ4n) is 2.98. The van der Waals surface area contributed by atoms with Crippen LogP contribution in [0.4, 0.5) is 0 Å². The van der Waals surface area contributed by atoms with Crippen LogP contribution in [0.1, 0.15) is 55.2 Å². The van der Waals surface area contributed by atoms with Gasteiger partial charge in [0.15, 0.2) is 0 Å². The van der Waals surface area contributed by atoms with Gasteiger partial charge in [0.05, 0.1) is 13.2 Å². The lowest BCUT2D eigenvalue weighted by Gasteiger charge is -2.43. The highest BCUT2D eigenvalue weighted by Crippen LogP contribution is 2.38.